The SMILES string of the molecule is CCC(C)O.CCC(C)O.CCCC(=O)CC(=O)O.CCCC(=O)CC(=O)O. The van der Waals surface area contributed by atoms with Crippen molar-refractivity contribution in [2.24, 2.45) is 0 Å². The maximum Gasteiger partial charge on any atom is 0.310 e. The summed E-state index contributed by atoms with van der Waals surface area (Å²) in [6.07, 6.45) is 3.06. The van der Waals surface area contributed by atoms with Crippen molar-refractivity contribution in [3.8, 4) is 0 Å². The number of ketones is 2. The predicted molar refractivity (Wildman–Crippen MR) is 108 cm³/mol. The Kier molecular flexibility index (Phi) is 30.4. The van der Waals surface area contributed by atoms with Crippen LogP contribution in [0, 0.1) is 0 Å². The Morgan fingerprint density at radius 1 is 0.643 bits per heavy atom. The van der Waals surface area contributed by atoms with E-state index in [2.05, 4.69) is 0 Å². The molecular weight excluding hydrogens is 368 g/mol. The van der Waals surface area contributed by atoms with Gasteiger partial charge in [0.05, 0.1) is 12.2 Å². The van der Waals surface area contributed by atoms with Crippen molar-refractivity contribution >= 4 is 23.5 Å². The monoisotopic (exact) mass is 408 g/mol. The molecule has 2 unspecified atom stereocenters. The van der Waals surface area contributed by atoms with E-state index in [4.69, 9.17) is 20.4 Å². The summed E-state index contributed by atoms with van der Waals surface area (Å²) >= 11 is 0. The van der Waals surface area contributed by atoms with Crippen LogP contribution in [0.15, 0.2) is 0 Å². The average molecular weight is 409 g/mol. The molecule has 0 bridgehead atoms. The molecule has 8 heteroatoms. The second-order valence-electron chi connectivity index (χ2n) is 6.23. The number of carboxylic acids is 2. The van der Waals surface area contributed by atoms with Gasteiger partial charge >= 0.3 is 11.9 Å². The Morgan fingerprint density at radius 2 is 0.857 bits per heavy atom. The molecule has 0 aliphatic heterocycles. The number of aliphatic carboxylic acids is 2. The summed E-state index contributed by atoms with van der Waals surface area (Å²) in [6, 6.07) is 0. The van der Waals surface area contributed by atoms with Crippen LogP contribution in [0.5, 0.6) is 0 Å². The molecule has 168 valence electrons. The molecule has 0 aliphatic rings. The van der Waals surface area contributed by atoms with Crippen LogP contribution >= 0.6 is 0 Å². The molecule has 0 aromatic carbocycles. The van der Waals surface area contributed by atoms with Gasteiger partial charge in [0.25, 0.3) is 0 Å². The summed E-state index contributed by atoms with van der Waals surface area (Å²) in [4.78, 5) is 40.7. The maximum atomic E-state index is 10.5. The Hall–Kier alpha value is -1.80. The van der Waals surface area contributed by atoms with Gasteiger partial charge in [0.1, 0.15) is 24.4 Å². The third-order valence-corrected chi connectivity index (χ3v) is 2.94. The number of rotatable bonds is 10. The van der Waals surface area contributed by atoms with E-state index in [1.54, 1.807) is 13.8 Å². The number of carboxylic acid groups (broad SMARTS) is 2. The van der Waals surface area contributed by atoms with Crippen LogP contribution in [0.4, 0.5) is 0 Å². The fraction of sp³-hybridized carbons (Fsp3) is 0.800. The van der Waals surface area contributed by atoms with Gasteiger partial charge in [-0.3, -0.25) is 19.2 Å². The summed E-state index contributed by atoms with van der Waals surface area (Å²) in [5.74, 6) is -2.45. The lowest BCUT2D eigenvalue weighted by molar-refractivity contribution is -0.141. The molecular formula is C20H40O8. The van der Waals surface area contributed by atoms with Gasteiger partial charge in [-0.1, -0.05) is 27.7 Å². The molecule has 2 atom stereocenters. The summed E-state index contributed by atoms with van der Waals surface area (Å²) in [5.41, 5.74) is 0. The predicted octanol–water partition coefficient (Wildman–Crippen LogP) is 3.22. The van der Waals surface area contributed by atoms with E-state index >= 15 is 0 Å². The molecule has 0 aromatic rings. The van der Waals surface area contributed by atoms with Crippen LogP contribution in [-0.2, 0) is 19.2 Å². The standard InChI is InChI=1S/2C6H10O3.2C4H10O/c2*1-2-3-5(7)4-6(8)9;2*1-3-4(2)5/h2*2-4H2,1H3,(H,8,9);2*4-5H,3H2,1-2H3. The Morgan fingerprint density at radius 3 is 0.964 bits per heavy atom. The van der Waals surface area contributed by atoms with E-state index in [1.165, 1.54) is 0 Å². The Balaban J connectivity index is -0.000000143. The largest absolute Gasteiger partial charge is 0.481 e. The minimum absolute atomic E-state index is 0.116. The van der Waals surface area contributed by atoms with Crippen molar-refractivity contribution in [3.05, 3.63) is 0 Å². The topological polar surface area (TPSA) is 149 Å². The van der Waals surface area contributed by atoms with E-state index < -0.39 is 11.9 Å². The van der Waals surface area contributed by atoms with Gasteiger partial charge in [-0.25, -0.2) is 0 Å². The molecule has 0 saturated carbocycles. The minimum Gasteiger partial charge on any atom is -0.481 e. The van der Waals surface area contributed by atoms with Crippen LogP contribution in [-0.4, -0.2) is 56.1 Å². The number of aliphatic hydroxyl groups is 2. The van der Waals surface area contributed by atoms with E-state index in [0.717, 1.165) is 25.7 Å². The molecule has 0 aliphatic carbocycles. The van der Waals surface area contributed by atoms with Gasteiger partial charge in [0, 0.05) is 12.8 Å². The van der Waals surface area contributed by atoms with Crippen molar-refractivity contribution in [1.82, 2.24) is 0 Å². The van der Waals surface area contributed by atoms with Gasteiger partial charge in [-0.05, 0) is 39.5 Å². The average Bonchev–Trinajstić information content (AvgIpc) is 2.55. The first kappa shape index (κ1) is 33.8. The van der Waals surface area contributed by atoms with Gasteiger partial charge in [-0.2, -0.15) is 0 Å². The summed E-state index contributed by atoms with van der Waals surface area (Å²) < 4.78 is 0. The minimum atomic E-state index is -1.03. The van der Waals surface area contributed by atoms with Crippen molar-refractivity contribution in [3.63, 3.8) is 0 Å². The first-order valence-corrected chi connectivity index (χ1v) is 9.70. The number of carbonyl (C=O) groups excluding carboxylic acids is 2. The van der Waals surface area contributed by atoms with Crippen molar-refractivity contribution < 1.29 is 39.6 Å². The smallest absolute Gasteiger partial charge is 0.310 e. The fourth-order valence-electron chi connectivity index (χ4n) is 1.07. The highest BCUT2D eigenvalue weighted by atomic mass is 16.4. The third-order valence-electron chi connectivity index (χ3n) is 2.94. The molecule has 4 N–H and O–H groups in total. The summed E-state index contributed by atoms with van der Waals surface area (Å²) in [7, 11) is 0. The lowest BCUT2D eigenvalue weighted by Crippen LogP contribution is -2.05. The van der Waals surface area contributed by atoms with Gasteiger partial charge in [0.2, 0.25) is 0 Å². The number of Topliss-reactive ketones (excluding diaryl/α,β-unsaturated/α-hetero) is 2. The molecule has 8 nitrogen and oxygen atoms in total. The zero-order valence-electron chi connectivity index (χ0n) is 18.2. The Labute approximate surface area is 169 Å². The van der Waals surface area contributed by atoms with E-state index in [-0.39, 0.29) is 36.6 Å². The molecule has 0 spiro atoms. The van der Waals surface area contributed by atoms with Gasteiger partial charge in [-0.15, -0.1) is 0 Å². The highest BCUT2D eigenvalue weighted by Crippen LogP contribution is 1.93. The van der Waals surface area contributed by atoms with Gasteiger partial charge in [0.15, 0.2) is 0 Å². The second kappa shape index (κ2) is 25.2. The lowest BCUT2D eigenvalue weighted by atomic mass is 10.2. The van der Waals surface area contributed by atoms with Crippen LogP contribution in [0.25, 0.3) is 0 Å². The first-order valence-electron chi connectivity index (χ1n) is 9.70. The highest BCUT2D eigenvalue weighted by Gasteiger charge is 2.05. The quantitative estimate of drug-likeness (QED) is 0.402. The molecule has 28 heavy (non-hydrogen) atoms. The van der Waals surface area contributed by atoms with E-state index in [1.807, 2.05) is 27.7 Å². The molecule has 0 rings (SSSR count). The summed E-state index contributed by atoms with van der Waals surface area (Å²) in [6.45, 7) is 11.1. The second-order valence-corrected chi connectivity index (χ2v) is 6.23. The zero-order valence-corrected chi connectivity index (χ0v) is 18.2. The van der Waals surface area contributed by atoms with Crippen molar-refractivity contribution in [2.45, 2.75) is 105 Å². The van der Waals surface area contributed by atoms with Crippen LogP contribution in [0.3, 0.4) is 0 Å². The van der Waals surface area contributed by atoms with Gasteiger partial charge < -0.3 is 20.4 Å². The molecule has 0 fully saturated rings. The highest BCUT2D eigenvalue weighted by molar-refractivity contribution is 5.95. The molecule has 0 radical (unpaired) electrons. The summed E-state index contributed by atoms with van der Waals surface area (Å²) in [5, 5.41) is 32.9. The maximum absolute atomic E-state index is 10.5. The fourth-order valence-corrected chi connectivity index (χ4v) is 1.07. The Bertz CT molecular complexity index is 365. The van der Waals surface area contributed by atoms with E-state index in [9.17, 15) is 19.2 Å². The molecule has 0 aromatic heterocycles. The zero-order chi connectivity index (χ0) is 23.1. The normalized spacial score (nSPS) is 11.1. The van der Waals surface area contributed by atoms with E-state index in [0.29, 0.717) is 12.8 Å². The van der Waals surface area contributed by atoms with Crippen LogP contribution in [0.2, 0.25) is 0 Å². The number of hydrogen-bond donors (Lipinski definition) is 4. The first-order chi connectivity index (χ1) is 12.9. The van der Waals surface area contributed by atoms with Crippen LogP contribution < -0.4 is 0 Å². The molecule has 0 saturated heterocycles. The third kappa shape index (κ3) is 49.6. The number of aliphatic hydroxyl groups excluding tert-OH is 2. The van der Waals surface area contributed by atoms with Crippen molar-refractivity contribution in [2.75, 3.05) is 0 Å². The van der Waals surface area contributed by atoms with Crippen molar-refractivity contribution in [1.29, 1.82) is 0 Å². The number of hydrogen-bond acceptors (Lipinski definition) is 6. The molecule has 0 heterocycles. The number of carbonyl (C=O) groups is 4. The van der Waals surface area contributed by atoms with Crippen LogP contribution in [0.1, 0.15) is 92.9 Å². The molecule has 0 amide bonds. The lowest BCUT2D eigenvalue weighted by Gasteiger charge is -1.90.